The normalized spacial score (nSPS) is 11.9. The van der Waals surface area contributed by atoms with Gasteiger partial charge in [-0.05, 0) is 103 Å². The second-order valence-electron chi connectivity index (χ2n) is 15.9. The molecule has 13 rings (SSSR count). The quantitative estimate of drug-likeness (QED) is 0.174. The van der Waals surface area contributed by atoms with Crippen LogP contribution in [0.15, 0.2) is 209 Å². The van der Waals surface area contributed by atoms with E-state index in [9.17, 15) is 0 Å². The number of aromatic nitrogens is 3. The summed E-state index contributed by atoms with van der Waals surface area (Å²) in [6, 6.07) is 70.0. The first-order valence-electron chi connectivity index (χ1n) is 20.8. The third kappa shape index (κ3) is 5.52. The summed E-state index contributed by atoms with van der Waals surface area (Å²) in [5.41, 5.74) is 10.9. The van der Waals surface area contributed by atoms with Gasteiger partial charge in [0.15, 0.2) is 17.5 Å². The Hall–Kier alpha value is -8.41. The van der Waals surface area contributed by atoms with Crippen molar-refractivity contribution in [3.63, 3.8) is 0 Å². The fourth-order valence-electron chi connectivity index (χ4n) is 9.31. The number of furan rings is 2. The van der Waals surface area contributed by atoms with Crippen LogP contribution in [-0.4, -0.2) is 15.0 Å². The molecule has 0 bridgehead atoms. The van der Waals surface area contributed by atoms with Crippen molar-refractivity contribution in [1.82, 2.24) is 15.0 Å². The Morgan fingerprint density at radius 3 is 1.48 bits per heavy atom. The van der Waals surface area contributed by atoms with Crippen molar-refractivity contribution in [3.8, 4) is 56.4 Å². The SMILES string of the molecule is c1ccc(-c2ccc3ccc(-c4nc(-c5ccc6c(-c7cccc8oc9ccccc9c78)cccc6c5)nc(-c5ccc6c(ccc7oc8ccccc8c76)c5)n4)cc3c2)cc1. The highest BCUT2D eigenvalue weighted by Gasteiger charge is 2.18. The van der Waals surface area contributed by atoms with Gasteiger partial charge < -0.3 is 8.83 Å². The van der Waals surface area contributed by atoms with Crippen molar-refractivity contribution in [2.45, 2.75) is 0 Å². The van der Waals surface area contributed by atoms with Crippen LogP contribution in [0.25, 0.3) is 133 Å². The zero-order valence-electron chi connectivity index (χ0n) is 33.2. The average molecular weight is 792 g/mol. The molecule has 288 valence electrons. The Bertz CT molecular complexity index is 3940. The van der Waals surface area contributed by atoms with Crippen molar-refractivity contribution in [3.05, 3.63) is 200 Å². The Labute approximate surface area is 355 Å². The molecule has 0 aliphatic rings. The molecule has 0 amide bonds. The molecule has 0 fully saturated rings. The minimum absolute atomic E-state index is 0.606. The first-order valence-corrected chi connectivity index (χ1v) is 20.8. The van der Waals surface area contributed by atoms with Gasteiger partial charge in [0, 0.05) is 38.2 Å². The van der Waals surface area contributed by atoms with Crippen molar-refractivity contribution in [1.29, 1.82) is 0 Å². The lowest BCUT2D eigenvalue weighted by Crippen LogP contribution is -2.00. The fourth-order valence-corrected chi connectivity index (χ4v) is 9.31. The lowest BCUT2D eigenvalue weighted by molar-refractivity contribution is 0.668. The Kier molecular flexibility index (Phi) is 7.54. The molecular formula is C57H33N3O2. The molecule has 5 nitrogen and oxygen atoms in total. The Morgan fingerprint density at radius 1 is 0.258 bits per heavy atom. The van der Waals surface area contributed by atoms with Crippen LogP contribution in [0.4, 0.5) is 0 Å². The van der Waals surface area contributed by atoms with E-state index in [1.165, 1.54) is 5.56 Å². The van der Waals surface area contributed by atoms with Crippen molar-refractivity contribution in [2.75, 3.05) is 0 Å². The third-order valence-corrected chi connectivity index (χ3v) is 12.3. The van der Waals surface area contributed by atoms with Gasteiger partial charge in [-0.25, -0.2) is 15.0 Å². The summed E-state index contributed by atoms with van der Waals surface area (Å²) in [5.74, 6) is 1.82. The number of hydrogen-bond acceptors (Lipinski definition) is 5. The molecule has 3 aromatic heterocycles. The second-order valence-corrected chi connectivity index (χ2v) is 15.9. The summed E-state index contributed by atoms with van der Waals surface area (Å²) >= 11 is 0. The van der Waals surface area contributed by atoms with Gasteiger partial charge in [0.25, 0.3) is 0 Å². The van der Waals surface area contributed by atoms with Crippen molar-refractivity contribution in [2.24, 2.45) is 0 Å². The largest absolute Gasteiger partial charge is 0.456 e. The van der Waals surface area contributed by atoms with Gasteiger partial charge in [-0.15, -0.1) is 0 Å². The second kappa shape index (κ2) is 13.6. The molecule has 0 saturated heterocycles. The van der Waals surface area contributed by atoms with E-state index in [1.807, 2.05) is 36.4 Å². The zero-order valence-corrected chi connectivity index (χ0v) is 33.2. The number of nitrogens with zero attached hydrogens (tertiary/aromatic N) is 3. The van der Waals surface area contributed by atoms with Gasteiger partial charge in [0.05, 0.1) is 0 Å². The standard InChI is InChI=1S/C57H33N3O2/c1-2-10-34(11-3-1)36-22-20-35-21-23-39(33-42(35)30-36)55-58-56(60-57(59-55)41-25-28-44-38(32-41)26-29-52-53(44)47-13-4-6-17-49(47)62-52)40-24-27-43-37(31-40)12-8-15-45(43)46-16-9-19-51-54(46)48-14-5-7-18-50(48)61-51/h1-33H. The molecule has 0 radical (unpaired) electrons. The molecule has 62 heavy (non-hydrogen) atoms. The molecule has 0 atom stereocenters. The molecule has 13 aromatic rings. The Morgan fingerprint density at radius 2 is 0.758 bits per heavy atom. The molecule has 0 spiro atoms. The van der Waals surface area contributed by atoms with Gasteiger partial charge in [0.1, 0.15) is 22.3 Å². The maximum Gasteiger partial charge on any atom is 0.164 e. The first-order chi connectivity index (χ1) is 30.7. The van der Waals surface area contributed by atoms with Crippen LogP contribution in [0.5, 0.6) is 0 Å². The molecule has 3 heterocycles. The molecule has 0 aliphatic heterocycles. The number of benzene rings is 10. The van der Waals surface area contributed by atoms with Crippen LogP contribution in [-0.2, 0) is 0 Å². The molecule has 0 N–H and O–H groups in total. The van der Waals surface area contributed by atoms with Crippen molar-refractivity contribution >= 4 is 76.2 Å². The van der Waals surface area contributed by atoms with E-state index in [0.29, 0.717) is 17.5 Å². The molecule has 5 heteroatoms. The molecule has 0 aliphatic carbocycles. The van der Waals surface area contributed by atoms with Crippen LogP contribution in [0.1, 0.15) is 0 Å². The summed E-state index contributed by atoms with van der Waals surface area (Å²) in [4.78, 5) is 15.7. The van der Waals surface area contributed by atoms with Gasteiger partial charge in [-0.2, -0.15) is 0 Å². The maximum atomic E-state index is 6.28. The monoisotopic (exact) mass is 791 g/mol. The minimum Gasteiger partial charge on any atom is -0.456 e. The summed E-state index contributed by atoms with van der Waals surface area (Å²) in [6.45, 7) is 0. The van der Waals surface area contributed by atoms with Crippen molar-refractivity contribution < 1.29 is 8.83 Å². The topological polar surface area (TPSA) is 65.0 Å². The molecule has 0 saturated carbocycles. The highest BCUT2D eigenvalue weighted by molar-refractivity contribution is 6.19. The van der Waals surface area contributed by atoms with Crippen LogP contribution < -0.4 is 0 Å². The number of hydrogen-bond donors (Lipinski definition) is 0. The van der Waals surface area contributed by atoms with Gasteiger partial charge in [-0.1, -0.05) is 152 Å². The van der Waals surface area contributed by atoms with Crippen LogP contribution >= 0.6 is 0 Å². The lowest BCUT2D eigenvalue weighted by atomic mass is 9.94. The maximum absolute atomic E-state index is 6.28. The highest BCUT2D eigenvalue weighted by atomic mass is 16.3. The third-order valence-electron chi connectivity index (χ3n) is 12.3. The summed E-state index contributed by atoms with van der Waals surface area (Å²) < 4.78 is 12.5. The van der Waals surface area contributed by atoms with E-state index in [4.69, 9.17) is 23.8 Å². The van der Waals surface area contributed by atoms with Crippen LogP contribution in [0.2, 0.25) is 0 Å². The summed E-state index contributed by atoms with van der Waals surface area (Å²) in [5, 5.41) is 11.2. The van der Waals surface area contributed by atoms with Crippen LogP contribution in [0.3, 0.4) is 0 Å². The van der Waals surface area contributed by atoms with Crippen LogP contribution in [0, 0.1) is 0 Å². The van der Waals surface area contributed by atoms with Gasteiger partial charge in [0.2, 0.25) is 0 Å². The van der Waals surface area contributed by atoms with E-state index < -0.39 is 0 Å². The highest BCUT2D eigenvalue weighted by Crippen LogP contribution is 2.41. The summed E-state index contributed by atoms with van der Waals surface area (Å²) in [6.07, 6.45) is 0. The van der Waals surface area contributed by atoms with E-state index in [2.05, 4.69) is 164 Å². The van der Waals surface area contributed by atoms with E-state index in [1.54, 1.807) is 0 Å². The molecule has 10 aromatic carbocycles. The number of rotatable bonds is 5. The first kappa shape index (κ1) is 34.5. The Balaban J connectivity index is 0.981. The van der Waals surface area contributed by atoms with Gasteiger partial charge in [-0.3, -0.25) is 0 Å². The molecular weight excluding hydrogens is 759 g/mol. The van der Waals surface area contributed by atoms with E-state index in [0.717, 1.165) is 110 Å². The predicted molar refractivity (Wildman–Crippen MR) is 254 cm³/mol. The van der Waals surface area contributed by atoms with E-state index in [-0.39, 0.29) is 0 Å². The smallest absolute Gasteiger partial charge is 0.164 e. The van der Waals surface area contributed by atoms with Gasteiger partial charge >= 0.3 is 0 Å². The number of para-hydroxylation sites is 2. The predicted octanol–water partition coefficient (Wildman–Crippen LogP) is 15.5. The number of fused-ring (bicyclic) bond motifs is 10. The average Bonchev–Trinajstić information content (AvgIpc) is 3.92. The minimum atomic E-state index is 0.606. The lowest BCUT2D eigenvalue weighted by Gasteiger charge is -2.12. The molecule has 0 unspecified atom stereocenters. The fraction of sp³-hybridized carbons (Fsp3) is 0. The zero-order chi connectivity index (χ0) is 40.7. The van der Waals surface area contributed by atoms with E-state index >= 15 is 0 Å². The summed E-state index contributed by atoms with van der Waals surface area (Å²) in [7, 11) is 0.